The SMILES string of the molecule is Cc1ncc(-c2cn3c(-c4cc(CC(O)C(F)F)ccc4C)cnc3c(N)n2)o1. The maximum absolute atomic E-state index is 12.7. The Morgan fingerprint density at radius 2 is 2.00 bits per heavy atom. The van der Waals surface area contributed by atoms with E-state index in [-0.39, 0.29) is 12.2 Å². The number of halogens is 2. The van der Waals surface area contributed by atoms with E-state index in [1.807, 2.05) is 13.0 Å². The van der Waals surface area contributed by atoms with Gasteiger partial charge in [0, 0.05) is 25.1 Å². The lowest BCUT2D eigenvalue weighted by Crippen LogP contribution is -2.20. The lowest BCUT2D eigenvalue weighted by Gasteiger charge is -2.13. The number of aliphatic hydroxyl groups excluding tert-OH is 1. The molecule has 4 rings (SSSR count). The van der Waals surface area contributed by atoms with Crippen molar-refractivity contribution in [1.29, 1.82) is 0 Å². The van der Waals surface area contributed by atoms with E-state index in [1.54, 1.807) is 42.0 Å². The Morgan fingerprint density at radius 3 is 2.69 bits per heavy atom. The number of alkyl halides is 2. The van der Waals surface area contributed by atoms with Gasteiger partial charge in [0.15, 0.2) is 23.1 Å². The summed E-state index contributed by atoms with van der Waals surface area (Å²) in [5, 5.41) is 9.53. The molecule has 0 radical (unpaired) electrons. The minimum Gasteiger partial charge on any atom is -0.439 e. The quantitative estimate of drug-likeness (QED) is 0.533. The van der Waals surface area contributed by atoms with Gasteiger partial charge in [-0.15, -0.1) is 0 Å². The van der Waals surface area contributed by atoms with E-state index < -0.39 is 12.5 Å². The van der Waals surface area contributed by atoms with Crippen molar-refractivity contribution >= 4 is 11.5 Å². The molecule has 7 nitrogen and oxygen atoms in total. The third-order valence-corrected chi connectivity index (χ3v) is 4.71. The molecule has 1 aromatic carbocycles. The first-order valence-corrected chi connectivity index (χ1v) is 8.96. The van der Waals surface area contributed by atoms with Crippen LogP contribution < -0.4 is 5.73 Å². The van der Waals surface area contributed by atoms with Crippen LogP contribution in [0, 0.1) is 13.8 Å². The van der Waals surface area contributed by atoms with E-state index in [9.17, 15) is 13.9 Å². The highest BCUT2D eigenvalue weighted by Crippen LogP contribution is 2.29. The van der Waals surface area contributed by atoms with E-state index in [0.717, 1.165) is 16.8 Å². The van der Waals surface area contributed by atoms with Gasteiger partial charge in [-0.1, -0.05) is 12.1 Å². The molecule has 1 unspecified atom stereocenters. The molecule has 0 aliphatic rings. The summed E-state index contributed by atoms with van der Waals surface area (Å²) in [6.45, 7) is 3.64. The van der Waals surface area contributed by atoms with Gasteiger partial charge in [0.05, 0.1) is 18.1 Å². The Hall–Kier alpha value is -3.33. The zero-order chi connectivity index (χ0) is 20.7. The molecule has 0 saturated heterocycles. The number of nitrogen functional groups attached to an aromatic ring is 1. The van der Waals surface area contributed by atoms with Crippen molar-refractivity contribution in [3.8, 4) is 22.7 Å². The van der Waals surface area contributed by atoms with Crippen molar-refractivity contribution in [1.82, 2.24) is 19.4 Å². The van der Waals surface area contributed by atoms with E-state index in [0.29, 0.717) is 28.6 Å². The number of hydrogen-bond donors (Lipinski definition) is 2. The van der Waals surface area contributed by atoms with Gasteiger partial charge in [0.25, 0.3) is 6.43 Å². The first-order chi connectivity index (χ1) is 13.8. The molecule has 3 heterocycles. The van der Waals surface area contributed by atoms with Crippen LogP contribution in [0.1, 0.15) is 17.0 Å². The predicted molar refractivity (Wildman–Crippen MR) is 104 cm³/mol. The summed E-state index contributed by atoms with van der Waals surface area (Å²) in [7, 11) is 0. The van der Waals surface area contributed by atoms with Gasteiger partial charge in [-0.3, -0.25) is 4.40 Å². The largest absolute Gasteiger partial charge is 0.439 e. The van der Waals surface area contributed by atoms with Crippen LogP contribution in [0.3, 0.4) is 0 Å². The molecular weight excluding hydrogens is 380 g/mol. The van der Waals surface area contributed by atoms with E-state index in [4.69, 9.17) is 10.2 Å². The smallest absolute Gasteiger partial charge is 0.264 e. The number of benzene rings is 1. The van der Waals surface area contributed by atoms with Crippen molar-refractivity contribution in [2.45, 2.75) is 32.8 Å². The van der Waals surface area contributed by atoms with Crippen LogP contribution in [-0.4, -0.2) is 37.0 Å². The topological polar surface area (TPSA) is 102 Å². The summed E-state index contributed by atoms with van der Waals surface area (Å²) in [4.78, 5) is 12.8. The molecule has 4 aromatic rings. The molecule has 0 aliphatic carbocycles. The molecule has 3 N–H and O–H groups in total. The summed E-state index contributed by atoms with van der Waals surface area (Å²) in [6.07, 6.45) is 0.306. The molecule has 1 atom stereocenters. The summed E-state index contributed by atoms with van der Waals surface area (Å²) in [5.74, 6) is 1.21. The Bertz CT molecular complexity index is 1190. The van der Waals surface area contributed by atoms with Crippen LogP contribution in [0.4, 0.5) is 14.6 Å². The third kappa shape index (κ3) is 3.56. The molecule has 3 aromatic heterocycles. The lowest BCUT2D eigenvalue weighted by molar-refractivity contribution is -0.00365. The van der Waals surface area contributed by atoms with Gasteiger partial charge in [0.1, 0.15) is 11.8 Å². The van der Waals surface area contributed by atoms with Gasteiger partial charge in [-0.25, -0.2) is 23.7 Å². The zero-order valence-corrected chi connectivity index (χ0v) is 15.8. The average Bonchev–Trinajstić information content (AvgIpc) is 3.29. The van der Waals surface area contributed by atoms with Crippen molar-refractivity contribution in [2.24, 2.45) is 0 Å². The number of aryl methyl sites for hydroxylation is 2. The summed E-state index contributed by atoms with van der Waals surface area (Å²) >= 11 is 0. The van der Waals surface area contributed by atoms with Crippen LogP contribution in [0.5, 0.6) is 0 Å². The van der Waals surface area contributed by atoms with E-state index in [1.165, 1.54) is 0 Å². The Labute approximate surface area is 164 Å². The Kier molecular flexibility index (Phi) is 4.75. The van der Waals surface area contributed by atoms with Gasteiger partial charge in [-0.2, -0.15) is 0 Å². The monoisotopic (exact) mass is 399 g/mol. The van der Waals surface area contributed by atoms with E-state index in [2.05, 4.69) is 15.0 Å². The van der Waals surface area contributed by atoms with Crippen molar-refractivity contribution in [2.75, 3.05) is 5.73 Å². The normalized spacial score (nSPS) is 12.8. The molecule has 0 spiro atoms. The lowest BCUT2D eigenvalue weighted by atomic mass is 9.99. The molecule has 29 heavy (non-hydrogen) atoms. The second kappa shape index (κ2) is 7.25. The number of fused-ring (bicyclic) bond motifs is 1. The van der Waals surface area contributed by atoms with Crippen LogP contribution >= 0.6 is 0 Å². The van der Waals surface area contributed by atoms with Gasteiger partial charge in [0.2, 0.25) is 0 Å². The minimum atomic E-state index is -2.80. The maximum atomic E-state index is 12.7. The van der Waals surface area contributed by atoms with Crippen LogP contribution in [0.25, 0.3) is 28.4 Å². The number of nitrogens with zero attached hydrogens (tertiary/aromatic N) is 4. The number of rotatable bonds is 5. The number of aromatic nitrogens is 4. The summed E-state index contributed by atoms with van der Waals surface area (Å²) in [6, 6.07) is 5.33. The molecular formula is C20H19F2N5O2. The molecule has 0 saturated carbocycles. The van der Waals surface area contributed by atoms with E-state index >= 15 is 0 Å². The van der Waals surface area contributed by atoms with Crippen LogP contribution in [-0.2, 0) is 6.42 Å². The number of hydrogen-bond acceptors (Lipinski definition) is 6. The second-order valence-electron chi connectivity index (χ2n) is 6.85. The molecule has 0 bridgehead atoms. The van der Waals surface area contributed by atoms with Gasteiger partial charge in [-0.05, 0) is 24.1 Å². The molecule has 0 aliphatic heterocycles. The average molecular weight is 399 g/mol. The maximum Gasteiger partial charge on any atom is 0.264 e. The summed E-state index contributed by atoms with van der Waals surface area (Å²) < 4.78 is 32.8. The highest BCUT2D eigenvalue weighted by Gasteiger charge is 2.19. The van der Waals surface area contributed by atoms with Crippen molar-refractivity contribution < 1.29 is 18.3 Å². The fourth-order valence-corrected chi connectivity index (χ4v) is 3.21. The number of imidazole rings is 1. The zero-order valence-electron chi connectivity index (χ0n) is 15.8. The molecule has 9 heteroatoms. The highest BCUT2D eigenvalue weighted by atomic mass is 19.3. The third-order valence-electron chi connectivity index (χ3n) is 4.71. The highest BCUT2D eigenvalue weighted by molar-refractivity contribution is 5.73. The van der Waals surface area contributed by atoms with Gasteiger partial charge >= 0.3 is 0 Å². The Balaban J connectivity index is 1.83. The second-order valence-corrected chi connectivity index (χ2v) is 6.85. The van der Waals surface area contributed by atoms with Crippen LogP contribution in [0.15, 0.2) is 41.2 Å². The predicted octanol–water partition coefficient (Wildman–Crippen LogP) is 3.42. The minimum absolute atomic E-state index is 0.145. The number of anilines is 1. The van der Waals surface area contributed by atoms with Gasteiger partial charge < -0.3 is 15.3 Å². The number of aliphatic hydroxyl groups is 1. The number of oxazole rings is 1. The number of nitrogens with two attached hydrogens (primary N) is 1. The first kappa shape index (κ1) is 19.0. The van der Waals surface area contributed by atoms with Crippen molar-refractivity contribution in [3.05, 3.63) is 53.8 Å². The molecule has 0 amide bonds. The standard InChI is InChI=1S/C20H19F2N5O2/c1-10-3-4-12(6-16(28)18(21)22)5-13(10)15-7-25-20-19(23)26-14(9-27(15)20)17-8-24-11(2)29-17/h3-5,7-9,16,18,28H,6H2,1-2H3,(H2,23,26). The summed E-state index contributed by atoms with van der Waals surface area (Å²) in [5.41, 5.74) is 10.1. The first-order valence-electron chi connectivity index (χ1n) is 8.96. The molecule has 0 fully saturated rings. The van der Waals surface area contributed by atoms with Crippen molar-refractivity contribution in [3.63, 3.8) is 0 Å². The Morgan fingerprint density at radius 1 is 1.21 bits per heavy atom. The van der Waals surface area contributed by atoms with Crippen LogP contribution in [0.2, 0.25) is 0 Å². The fraction of sp³-hybridized carbons (Fsp3) is 0.250. The molecule has 150 valence electrons. The fourth-order valence-electron chi connectivity index (χ4n) is 3.21.